The number of piperidine rings is 1. The van der Waals surface area contributed by atoms with Crippen molar-refractivity contribution in [3.63, 3.8) is 0 Å². The van der Waals surface area contributed by atoms with Crippen LogP contribution in [0.1, 0.15) is 45.4 Å². The van der Waals surface area contributed by atoms with Crippen molar-refractivity contribution in [2.45, 2.75) is 51.0 Å². The molecule has 0 spiro atoms. The molecule has 2 nitrogen and oxygen atoms in total. The molecule has 1 N–H and O–H groups in total. The van der Waals surface area contributed by atoms with E-state index < -0.39 is 0 Å². The Hall–Kier alpha value is -0.0800. The molecule has 0 amide bonds. The van der Waals surface area contributed by atoms with Crippen LogP contribution in [0.5, 0.6) is 0 Å². The molecule has 0 aromatic carbocycles. The third kappa shape index (κ3) is 1.96. The smallest absolute Gasteiger partial charge is 0.0700 e. The van der Waals surface area contributed by atoms with Gasteiger partial charge in [0.2, 0.25) is 0 Å². The standard InChI is InChI=1S/C12H23NO/c1-2-8-13-9-7-12(14)6-4-3-5-11(12)10-13/h11,14H,2-10H2,1H3. The first-order valence-corrected chi connectivity index (χ1v) is 6.19. The van der Waals surface area contributed by atoms with Crippen molar-refractivity contribution >= 4 is 0 Å². The second-order valence-corrected chi connectivity index (χ2v) is 5.10. The minimum absolute atomic E-state index is 0.289. The average molecular weight is 197 g/mol. The summed E-state index contributed by atoms with van der Waals surface area (Å²) in [5.41, 5.74) is -0.289. The van der Waals surface area contributed by atoms with Crippen LogP contribution < -0.4 is 0 Å². The van der Waals surface area contributed by atoms with Crippen molar-refractivity contribution in [1.29, 1.82) is 0 Å². The molecule has 1 saturated carbocycles. The lowest BCUT2D eigenvalue weighted by atomic mass is 9.71. The Bertz CT molecular complexity index is 195. The summed E-state index contributed by atoms with van der Waals surface area (Å²) in [4.78, 5) is 2.53. The third-order valence-corrected chi connectivity index (χ3v) is 4.05. The van der Waals surface area contributed by atoms with Gasteiger partial charge >= 0.3 is 0 Å². The minimum atomic E-state index is -0.289. The van der Waals surface area contributed by atoms with Crippen LogP contribution in [0, 0.1) is 5.92 Å². The molecule has 1 aliphatic carbocycles. The van der Waals surface area contributed by atoms with Gasteiger partial charge in [0.1, 0.15) is 0 Å². The van der Waals surface area contributed by atoms with Crippen molar-refractivity contribution in [2.75, 3.05) is 19.6 Å². The van der Waals surface area contributed by atoms with Crippen molar-refractivity contribution < 1.29 is 5.11 Å². The Kier molecular flexibility index (Phi) is 3.13. The van der Waals surface area contributed by atoms with Crippen molar-refractivity contribution in [3.8, 4) is 0 Å². The third-order valence-electron chi connectivity index (χ3n) is 4.05. The van der Waals surface area contributed by atoms with Crippen LogP contribution in [0.4, 0.5) is 0 Å². The van der Waals surface area contributed by atoms with Gasteiger partial charge in [0.05, 0.1) is 5.60 Å². The highest BCUT2D eigenvalue weighted by Gasteiger charge is 2.42. The van der Waals surface area contributed by atoms with Gasteiger partial charge in [-0.25, -0.2) is 0 Å². The van der Waals surface area contributed by atoms with Crippen molar-refractivity contribution in [2.24, 2.45) is 5.92 Å². The van der Waals surface area contributed by atoms with Gasteiger partial charge in [-0.15, -0.1) is 0 Å². The van der Waals surface area contributed by atoms with Crippen molar-refractivity contribution in [1.82, 2.24) is 4.90 Å². The molecule has 0 radical (unpaired) electrons. The summed E-state index contributed by atoms with van der Waals surface area (Å²) in [5.74, 6) is 0.566. The Balaban J connectivity index is 1.95. The number of hydrogen-bond donors (Lipinski definition) is 1. The highest BCUT2D eigenvalue weighted by Crippen LogP contribution is 2.39. The fourth-order valence-corrected chi connectivity index (χ4v) is 3.16. The van der Waals surface area contributed by atoms with Crippen LogP contribution in [0.25, 0.3) is 0 Å². The molecule has 2 heteroatoms. The molecule has 1 aliphatic heterocycles. The van der Waals surface area contributed by atoms with Crippen LogP contribution >= 0.6 is 0 Å². The number of rotatable bonds is 2. The van der Waals surface area contributed by atoms with Gasteiger partial charge in [0, 0.05) is 19.0 Å². The van der Waals surface area contributed by atoms with Crippen LogP contribution in [0.3, 0.4) is 0 Å². The summed E-state index contributed by atoms with van der Waals surface area (Å²) in [5, 5.41) is 10.5. The summed E-state index contributed by atoms with van der Waals surface area (Å²) < 4.78 is 0. The van der Waals surface area contributed by atoms with E-state index in [9.17, 15) is 5.11 Å². The summed E-state index contributed by atoms with van der Waals surface area (Å²) in [6.45, 7) is 5.71. The molecule has 2 unspecified atom stereocenters. The van der Waals surface area contributed by atoms with Gasteiger partial charge < -0.3 is 10.0 Å². The van der Waals surface area contributed by atoms with Crippen LogP contribution in [0.15, 0.2) is 0 Å². The maximum Gasteiger partial charge on any atom is 0.0700 e. The Morgan fingerprint density at radius 1 is 1.36 bits per heavy atom. The molecule has 2 aliphatic rings. The van der Waals surface area contributed by atoms with E-state index in [4.69, 9.17) is 0 Å². The van der Waals surface area contributed by atoms with Gasteiger partial charge in [-0.1, -0.05) is 19.8 Å². The van der Waals surface area contributed by atoms with Gasteiger partial charge in [-0.05, 0) is 32.2 Å². The topological polar surface area (TPSA) is 23.5 Å². The summed E-state index contributed by atoms with van der Waals surface area (Å²) >= 11 is 0. The first-order chi connectivity index (χ1) is 6.74. The quantitative estimate of drug-likeness (QED) is 0.732. The Morgan fingerprint density at radius 3 is 3.00 bits per heavy atom. The average Bonchev–Trinajstić information content (AvgIpc) is 2.19. The maximum absolute atomic E-state index is 10.5. The predicted octanol–water partition coefficient (Wildman–Crippen LogP) is 2.02. The number of fused-ring (bicyclic) bond motifs is 1. The zero-order chi connectivity index (χ0) is 10.0. The number of hydrogen-bond acceptors (Lipinski definition) is 2. The lowest BCUT2D eigenvalue weighted by Crippen LogP contribution is -2.53. The largest absolute Gasteiger partial charge is 0.390 e. The second-order valence-electron chi connectivity index (χ2n) is 5.10. The lowest BCUT2D eigenvalue weighted by molar-refractivity contribution is -0.0951. The monoisotopic (exact) mass is 197 g/mol. The zero-order valence-electron chi connectivity index (χ0n) is 9.34. The highest BCUT2D eigenvalue weighted by atomic mass is 16.3. The van der Waals surface area contributed by atoms with E-state index in [1.165, 1.54) is 32.2 Å². The molecular formula is C12H23NO. The lowest BCUT2D eigenvalue weighted by Gasteiger charge is -2.47. The maximum atomic E-state index is 10.5. The fraction of sp³-hybridized carbons (Fsp3) is 1.00. The number of nitrogens with zero attached hydrogens (tertiary/aromatic N) is 1. The van der Waals surface area contributed by atoms with Gasteiger partial charge in [0.25, 0.3) is 0 Å². The molecule has 1 heterocycles. The molecule has 2 rings (SSSR count). The molecule has 82 valence electrons. The van der Waals surface area contributed by atoms with Crippen LogP contribution in [0.2, 0.25) is 0 Å². The second kappa shape index (κ2) is 4.19. The van der Waals surface area contributed by atoms with E-state index in [1.807, 2.05) is 0 Å². The van der Waals surface area contributed by atoms with E-state index in [1.54, 1.807) is 0 Å². The SMILES string of the molecule is CCCN1CCC2(O)CCCCC2C1. The molecule has 0 bridgehead atoms. The first-order valence-electron chi connectivity index (χ1n) is 6.19. The van der Waals surface area contributed by atoms with E-state index in [0.29, 0.717) is 5.92 Å². The van der Waals surface area contributed by atoms with Gasteiger partial charge in [0.15, 0.2) is 0 Å². The van der Waals surface area contributed by atoms with Crippen molar-refractivity contribution in [3.05, 3.63) is 0 Å². The molecule has 0 aromatic rings. The van der Waals surface area contributed by atoms with Gasteiger partial charge in [-0.2, -0.15) is 0 Å². The molecule has 2 fully saturated rings. The summed E-state index contributed by atoms with van der Waals surface area (Å²) in [6, 6.07) is 0. The predicted molar refractivity (Wildman–Crippen MR) is 58.3 cm³/mol. The molecule has 14 heavy (non-hydrogen) atoms. The van der Waals surface area contributed by atoms with E-state index >= 15 is 0 Å². The van der Waals surface area contributed by atoms with Gasteiger partial charge in [-0.3, -0.25) is 0 Å². The van der Waals surface area contributed by atoms with E-state index in [0.717, 1.165) is 25.9 Å². The Morgan fingerprint density at radius 2 is 2.21 bits per heavy atom. The Labute approximate surface area is 87.3 Å². The van der Waals surface area contributed by atoms with Crippen LogP contribution in [-0.4, -0.2) is 35.2 Å². The molecule has 1 saturated heterocycles. The first kappa shape index (κ1) is 10.4. The number of aliphatic hydroxyl groups is 1. The summed E-state index contributed by atoms with van der Waals surface area (Å²) in [6.07, 6.45) is 7.12. The van der Waals surface area contributed by atoms with Crippen LogP contribution in [-0.2, 0) is 0 Å². The zero-order valence-corrected chi connectivity index (χ0v) is 9.34. The molecule has 2 atom stereocenters. The number of likely N-dealkylation sites (tertiary alicyclic amines) is 1. The minimum Gasteiger partial charge on any atom is -0.390 e. The van der Waals surface area contributed by atoms with E-state index in [2.05, 4.69) is 11.8 Å². The molecule has 0 aromatic heterocycles. The normalized spacial score (nSPS) is 39.4. The fourth-order valence-electron chi connectivity index (χ4n) is 3.16. The highest BCUT2D eigenvalue weighted by molar-refractivity contribution is 4.95. The van der Waals surface area contributed by atoms with E-state index in [-0.39, 0.29) is 5.60 Å². The molecular weight excluding hydrogens is 174 g/mol. The summed E-state index contributed by atoms with van der Waals surface area (Å²) in [7, 11) is 0.